The summed E-state index contributed by atoms with van der Waals surface area (Å²) in [6.07, 6.45) is 1.38. The lowest BCUT2D eigenvalue weighted by Crippen LogP contribution is -2.13. The van der Waals surface area contributed by atoms with E-state index in [1.807, 2.05) is 0 Å². The van der Waals surface area contributed by atoms with E-state index in [9.17, 15) is 4.79 Å². The van der Waals surface area contributed by atoms with Crippen molar-refractivity contribution in [3.05, 3.63) is 6.20 Å². The van der Waals surface area contributed by atoms with Gasteiger partial charge in [-0.25, -0.2) is 0 Å². The number of hydrogen-bond acceptors (Lipinski definition) is 4. The molecule has 0 bridgehead atoms. The molecule has 0 aliphatic heterocycles. The Morgan fingerprint density at radius 2 is 2.58 bits per heavy atom. The number of anilines is 1. The van der Waals surface area contributed by atoms with Gasteiger partial charge in [0.25, 0.3) is 0 Å². The summed E-state index contributed by atoms with van der Waals surface area (Å²) in [4.78, 5) is 11.6. The molecule has 0 fully saturated rings. The van der Waals surface area contributed by atoms with E-state index < -0.39 is 5.97 Å². The van der Waals surface area contributed by atoms with Crippen LogP contribution in [0.4, 0.5) is 5.82 Å². The minimum absolute atomic E-state index is 0.00583. The predicted molar refractivity (Wildman–Crippen MR) is 41.4 cm³/mol. The Balaban J connectivity index is 2.64. The number of aliphatic carboxylic acids is 1. The van der Waals surface area contributed by atoms with Crippen LogP contribution < -0.4 is 5.73 Å². The first-order chi connectivity index (χ1) is 5.59. The fourth-order valence-electron chi connectivity index (χ4n) is 0.835. The zero-order valence-electron chi connectivity index (χ0n) is 6.64. The predicted octanol–water partition coefficient (Wildman–Crippen LogP) is -0.104. The maximum absolute atomic E-state index is 10.3. The van der Waals surface area contributed by atoms with Crippen molar-refractivity contribution in [2.24, 2.45) is 0 Å². The monoisotopic (exact) mass is 170 g/mol. The van der Waals surface area contributed by atoms with Gasteiger partial charge in [0.2, 0.25) is 0 Å². The lowest BCUT2D eigenvalue weighted by atomic mass is 10.2. The minimum atomic E-state index is -0.877. The number of hydrogen-bond donors (Lipinski definition) is 2. The Bertz CT molecular complexity index is 283. The highest BCUT2D eigenvalue weighted by atomic mass is 16.4. The molecule has 1 aromatic rings. The maximum atomic E-state index is 10.3. The van der Waals surface area contributed by atoms with E-state index in [1.54, 1.807) is 6.92 Å². The van der Waals surface area contributed by atoms with E-state index in [1.165, 1.54) is 11.0 Å². The molecule has 0 aliphatic rings. The van der Waals surface area contributed by atoms with Crippen LogP contribution >= 0.6 is 0 Å². The number of nitrogens with two attached hydrogens (primary N) is 1. The van der Waals surface area contributed by atoms with Gasteiger partial charge in [0, 0.05) is 0 Å². The van der Waals surface area contributed by atoms with Crippen molar-refractivity contribution >= 4 is 11.8 Å². The van der Waals surface area contributed by atoms with Crippen molar-refractivity contribution < 1.29 is 9.90 Å². The Kier molecular flexibility index (Phi) is 2.27. The second-order valence-electron chi connectivity index (χ2n) is 2.54. The first-order valence-corrected chi connectivity index (χ1v) is 3.48. The van der Waals surface area contributed by atoms with E-state index >= 15 is 0 Å². The van der Waals surface area contributed by atoms with E-state index in [2.05, 4.69) is 10.2 Å². The third-order valence-corrected chi connectivity index (χ3v) is 1.39. The van der Waals surface area contributed by atoms with Crippen LogP contribution in [0.1, 0.15) is 19.4 Å². The first-order valence-electron chi connectivity index (χ1n) is 3.48. The quantitative estimate of drug-likeness (QED) is 0.660. The van der Waals surface area contributed by atoms with Crippen LogP contribution in [0.25, 0.3) is 0 Å². The van der Waals surface area contributed by atoms with Gasteiger partial charge in [-0.2, -0.15) is 9.90 Å². The number of rotatable bonds is 3. The van der Waals surface area contributed by atoms with Gasteiger partial charge in [0.1, 0.15) is 0 Å². The van der Waals surface area contributed by atoms with E-state index in [-0.39, 0.29) is 12.5 Å². The molecule has 3 N–H and O–H groups in total. The minimum Gasteiger partial charge on any atom is -0.481 e. The molecule has 0 amide bonds. The standard InChI is InChI=1S/C6H10N4O2/c1-4(2-6(11)12)10-8-3-5(7)9-10/h3-4H,2H2,1H3,(H2,7,9)(H,11,12). The fraction of sp³-hybridized carbons (Fsp3) is 0.500. The topological polar surface area (TPSA) is 94.0 Å². The lowest BCUT2D eigenvalue weighted by molar-refractivity contribution is -0.137. The Hall–Kier alpha value is -1.59. The third-order valence-electron chi connectivity index (χ3n) is 1.39. The number of nitrogen functional groups attached to an aromatic ring is 1. The molecule has 0 saturated heterocycles. The summed E-state index contributed by atoms with van der Waals surface area (Å²) in [6, 6.07) is -0.264. The summed E-state index contributed by atoms with van der Waals surface area (Å²) < 4.78 is 0. The van der Waals surface area contributed by atoms with Crippen molar-refractivity contribution in [1.82, 2.24) is 15.0 Å². The van der Waals surface area contributed by atoms with E-state index in [4.69, 9.17) is 10.8 Å². The van der Waals surface area contributed by atoms with Gasteiger partial charge in [-0.15, -0.1) is 5.10 Å². The molecule has 0 aromatic carbocycles. The third kappa shape index (κ3) is 1.94. The zero-order valence-corrected chi connectivity index (χ0v) is 6.64. The molecule has 1 unspecified atom stereocenters. The fourth-order valence-corrected chi connectivity index (χ4v) is 0.835. The number of carboxylic acid groups (broad SMARTS) is 1. The highest BCUT2D eigenvalue weighted by Gasteiger charge is 2.10. The Morgan fingerprint density at radius 1 is 1.92 bits per heavy atom. The van der Waals surface area contributed by atoms with Gasteiger partial charge in [-0.1, -0.05) is 0 Å². The molecule has 1 rings (SSSR count). The normalized spacial score (nSPS) is 12.8. The van der Waals surface area contributed by atoms with Gasteiger partial charge in [0.05, 0.1) is 18.7 Å². The zero-order chi connectivity index (χ0) is 9.14. The molecule has 12 heavy (non-hydrogen) atoms. The van der Waals surface area contributed by atoms with Gasteiger partial charge in [0.15, 0.2) is 5.82 Å². The molecule has 1 heterocycles. The summed E-state index contributed by atoms with van der Waals surface area (Å²) in [6.45, 7) is 1.72. The molecule has 1 aromatic heterocycles. The second kappa shape index (κ2) is 3.21. The van der Waals surface area contributed by atoms with Gasteiger partial charge < -0.3 is 10.8 Å². The Labute approximate surface area is 69.0 Å². The largest absolute Gasteiger partial charge is 0.481 e. The Morgan fingerprint density at radius 3 is 3.00 bits per heavy atom. The van der Waals surface area contributed by atoms with Crippen molar-refractivity contribution in [2.45, 2.75) is 19.4 Å². The van der Waals surface area contributed by atoms with Crippen LogP contribution in [0.15, 0.2) is 6.20 Å². The molecular weight excluding hydrogens is 160 g/mol. The smallest absolute Gasteiger partial charge is 0.305 e. The van der Waals surface area contributed by atoms with Crippen molar-refractivity contribution in [1.29, 1.82) is 0 Å². The molecule has 0 radical (unpaired) electrons. The van der Waals surface area contributed by atoms with Crippen LogP contribution in [-0.4, -0.2) is 26.1 Å². The highest BCUT2D eigenvalue weighted by molar-refractivity contribution is 5.67. The number of carboxylic acids is 1. The summed E-state index contributed by atoms with van der Waals surface area (Å²) in [5, 5.41) is 16.0. The maximum Gasteiger partial charge on any atom is 0.305 e. The van der Waals surface area contributed by atoms with Crippen LogP contribution in [-0.2, 0) is 4.79 Å². The molecule has 1 atom stereocenters. The van der Waals surface area contributed by atoms with Crippen molar-refractivity contribution in [2.75, 3.05) is 5.73 Å². The van der Waals surface area contributed by atoms with Gasteiger partial charge in [-0.3, -0.25) is 4.79 Å². The van der Waals surface area contributed by atoms with Crippen LogP contribution in [0, 0.1) is 0 Å². The SMILES string of the molecule is CC(CC(=O)O)n1ncc(N)n1. The summed E-state index contributed by atoms with van der Waals surface area (Å²) in [5.74, 6) is -0.578. The second-order valence-corrected chi connectivity index (χ2v) is 2.54. The molecule has 0 spiro atoms. The average Bonchev–Trinajstić information content (AvgIpc) is 2.34. The summed E-state index contributed by atoms with van der Waals surface area (Å²) >= 11 is 0. The number of nitrogens with zero attached hydrogens (tertiary/aromatic N) is 3. The summed E-state index contributed by atoms with van der Waals surface area (Å²) in [5.41, 5.74) is 5.31. The summed E-state index contributed by atoms with van der Waals surface area (Å²) in [7, 11) is 0. The molecular formula is C6H10N4O2. The molecule has 66 valence electrons. The molecule has 6 nitrogen and oxygen atoms in total. The van der Waals surface area contributed by atoms with E-state index in [0.717, 1.165) is 0 Å². The van der Waals surface area contributed by atoms with Crippen LogP contribution in [0.3, 0.4) is 0 Å². The number of aromatic nitrogens is 3. The number of carbonyl (C=O) groups is 1. The molecule has 6 heteroatoms. The highest BCUT2D eigenvalue weighted by Crippen LogP contribution is 2.07. The molecule has 0 saturated carbocycles. The molecule has 0 aliphatic carbocycles. The average molecular weight is 170 g/mol. The van der Waals surface area contributed by atoms with Crippen LogP contribution in [0.5, 0.6) is 0 Å². The van der Waals surface area contributed by atoms with Crippen molar-refractivity contribution in [3.63, 3.8) is 0 Å². The van der Waals surface area contributed by atoms with Crippen LogP contribution in [0.2, 0.25) is 0 Å². The van der Waals surface area contributed by atoms with Crippen molar-refractivity contribution in [3.8, 4) is 0 Å². The van der Waals surface area contributed by atoms with E-state index in [0.29, 0.717) is 5.82 Å². The lowest BCUT2D eigenvalue weighted by Gasteiger charge is -2.05. The van der Waals surface area contributed by atoms with Gasteiger partial charge >= 0.3 is 5.97 Å². The first kappa shape index (κ1) is 8.51. The van der Waals surface area contributed by atoms with Gasteiger partial charge in [-0.05, 0) is 6.92 Å².